The molecule has 162 valence electrons. The number of aromatic nitrogens is 2. The normalized spacial score (nSPS) is 16.3. The van der Waals surface area contributed by atoms with E-state index in [0.717, 1.165) is 22.6 Å². The predicted octanol–water partition coefficient (Wildman–Crippen LogP) is 4.69. The van der Waals surface area contributed by atoms with E-state index in [1.807, 2.05) is 46.3 Å². The zero-order chi connectivity index (χ0) is 22.1. The molecule has 1 atom stereocenters. The third-order valence-electron chi connectivity index (χ3n) is 5.72. The summed E-state index contributed by atoms with van der Waals surface area (Å²) in [7, 11) is 0. The average molecular weight is 449 g/mol. The summed E-state index contributed by atoms with van der Waals surface area (Å²) in [6.45, 7) is 0.908. The number of fused-ring (bicyclic) bond motifs is 1. The number of amides is 2. The molecule has 1 N–H and O–H groups in total. The smallest absolute Gasteiger partial charge is 0.253 e. The number of carbonyl (C=O) groups excluding carboxylic acids is 2. The molecule has 0 saturated carbocycles. The third-order valence-corrected chi connectivity index (χ3v) is 6.48. The number of hydrogen-bond acceptors (Lipinski definition) is 4. The molecular weight excluding hydrogens is 427 g/mol. The molecule has 32 heavy (non-hydrogen) atoms. The van der Waals surface area contributed by atoms with E-state index in [9.17, 15) is 14.0 Å². The maximum Gasteiger partial charge on any atom is 0.253 e. The van der Waals surface area contributed by atoms with Gasteiger partial charge in [0.15, 0.2) is 4.96 Å². The average Bonchev–Trinajstić information content (AvgIpc) is 3.42. The topological polar surface area (TPSA) is 66.7 Å². The van der Waals surface area contributed by atoms with Gasteiger partial charge >= 0.3 is 0 Å². The first kappa shape index (κ1) is 20.4. The van der Waals surface area contributed by atoms with Gasteiger partial charge in [-0.05, 0) is 37.1 Å². The van der Waals surface area contributed by atoms with Gasteiger partial charge in [0.05, 0.1) is 5.92 Å². The van der Waals surface area contributed by atoms with E-state index in [0.29, 0.717) is 30.9 Å². The van der Waals surface area contributed by atoms with E-state index >= 15 is 0 Å². The standard InChI is InChI=1S/C24H21FN4O2S/c25-19-10-8-17(9-11-19)23(31)28-12-4-7-18(15-28)22(30)27-21-20(16-5-2-1-3-6-16)26-24-29(21)13-14-32-24/h1-3,5-6,8-11,13-14,18H,4,7,12,15H2,(H,27,30)/t18-/m0/s1. The molecule has 1 aliphatic rings. The van der Waals surface area contributed by atoms with Crippen LogP contribution in [0.15, 0.2) is 66.2 Å². The number of thiazole rings is 1. The summed E-state index contributed by atoms with van der Waals surface area (Å²) in [6, 6.07) is 15.3. The molecule has 3 heterocycles. The summed E-state index contributed by atoms with van der Waals surface area (Å²) in [5, 5.41) is 5.00. The summed E-state index contributed by atoms with van der Waals surface area (Å²) in [5.41, 5.74) is 2.07. The molecule has 1 fully saturated rings. The minimum Gasteiger partial charge on any atom is -0.338 e. The van der Waals surface area contributed by atoms with Crippen LogP contribution < -0.4 is 5.32 Å². The molecule has 0 unspecified atom stereocenters. The number of nitrogens with zero attached hydrogens (tertiary/aromatic N) is 3. The van der Waals surface area contributed by atoms with Crippen LogP contribution in [-0.2, 0) is 4.79 Å². The van der Waals surface area contributed by atoms with Crippen molar-refractivity contribution < 1.29 is 14.0 Å². The van der Waals surface area contributed by atoms with Crippen LogP contribution in [0.25, 0.3) is 16.2 Å². The summed E-state index contributed by atoms with van der Waals surface area (Å²) in [6.07, 6.45) is 3.32. The van der Waals surface area contributed by atoms with Crippen LogP contribution in [0.3, 0.4) is 0 Å². The fraction of sp³-hybridized carbons (Fsp3) is 0.208. The highest BCUT2D eigenvalue weighted by Gasteiger charge is 2.30. The number of nitrogens with one attached hydrogen (secondary N) is 1. The lowest BCUT2D eigenvalue weighted by atomic mass is 9.96. The van der Waals surface area contributed by atoms with Crippen LogP contribution in [0.4, 0.5) is 10.2 Å². The van der Waals surface area contributed by atoms with Crippen molar-refractivity contribution in [2.75, 3.05) is 18.4 Å². The van der Waals surface area contributed by atoms with Gasteiger partial charge in [-0.15, -0.1) is 11.3 Å². The van der Waals surface area contributed by atoms with Crippen molar-refractivity contribution >= 4 is 33.9 Å². The molecule has 0 spiro atoms. The highest BCUT2D eigenvalue weighted by molar-refractivity contribution is 7.15. The second kappa shape index (κ2) is 8.55. The monoisotopic (exact) mass is 448 g/mol. The van der Waals surface area contributed by atoms with Crippen molar-refractivity contribution in [3.8, 4) is 11.3 Å². The Morgan fingerprint density at radius 1 is 1.09 bits per heavy atom. The van der Waals surface area contributed by atoms with Crippen LogP contribution in [0.5, 0.6) is 0 Å². The number of anilines is 1. The second-order valence-corrected chi connectivity index (χ2v) is 8.69. The van der Waals surface area contributed by atoms with Crippen LogP contribution in [0.2, 0.25) is 0 Å². The molecule has 1 saturated heterocycles. The fourth-order valence-corrected chi connectivity index (χ4v) is 4.79. The van der Waals surface area contributed by atoms with Crippen molar-refractivity contribution in [3.63, 3.8) is 0 Å². The van der Waals surface area contributed by atoms with E-state index in [-0.39, 0.29) is 23.5 Å². The van der Waals surface area contributed by atoms with E-state index in [1.54, 1.807) is 4.90 Å². The Labute approximate surface area is 188 Å². The number of likely N-dealkylation sites (tertiary alicyclic amines) is 1. The van der Waals surface area contributed by atoms with E-state index < -0.39 is 0 Å². The molecule has 4 aromatic rings. The highest BCUT2D eigenvalue weighted by Crippen LogP contribution is 2.31. The lowest BCUT2D eigenvalue weighted by Crippen LogP contribution is -2.43. The van der Waals surface area contributed by atoms with Gasteiger partial charge in [-0.25, -0.2) is 9.37 Å². The molecule has 0 radical (unpaired) electrons. The Morgan fingerprint density at radius 3 is 2.66 bits per heavy atom. The number of benzene rings is 2. The van der Waals surface area contributed by atoms with Crippen molar-refractivity contribution in [1.29, 1.82) is 0 Å². The van der Waals surface area contributed by atoms with E-state index in [2.05, 4.69) is 5.32 Å². The SMILES string of the molecule is O=C(Nc1c(-c2ccccc2)nc2sccn12)[C@H]1CCCN(C(=O)c2ccc(F)cc2)C1. The Hall–Kier alpha value is -3.52. The number of imidazole rings is 1. The number of carbonyl (C=O) groups is 2. The minimum atomic E-state index is -0.382. The molecule has 8 heteroatoms. The number of piperidine rings is 1. The summed E-state index contributed by atoms with van der Waals surface area (Å²) < 4.78 is 15.1. The lowest BCUT2D eigenvalue weighted by molar-refractivity contribution is -0.121. The first-order valence-electron chi connectivity index (χ1n) is 10.5. The van der Waals surface area contributed by atoms with Crippen molar-refractivity contribution in [3.05, 3.63) is 77.6 Å². The Balaban J connectivity index is 1.36. The molecule has 6 nitrogen and oxygen atoms in total. The molecule has 2 aromatic carbocycles. The van der Waals surface area contributed by atoms with Crippen molar-refractivity contribution in [2.45, 2.75) is 12.8 Å². The van der Waals surface area contributed by atoms with Gasteiger partial charge in [0, 0.05) is 35.8 Å². The minimum absolute atomic E-state index is 0.133. The zero-order valence-electron chi connectivity index (χ0n) is 17.2. The molecule has 5 rings (SSSR count). The molecule has 0 aliphatic carbocycles. The van der Waals surface area contributed by atoms with Crippen LogP contribution in [0.1, 0.15) is 23.2 Å². The van der Waals surface area contributed by atoms with Gasteiger partial charge in [-0.3, -0.25) is 14.0 Å². The second-order valence-electron chi connectivity index (χ2n) is 7.82. The van der Waals surface area contributed by atoms with Gasteiger partial charge in [0.25, 0.3) is 5.91 Å². The van der Waals surface area contributed by atoms with Crippen LogP contribution in [-0.4, -0.2) is 39.2 Å². The van der Waals surface area contributed by atoms with Crippen LogP contribution in [0, 0.1) is 11.7 Å². The number of halogens is 1. The number of rotatable bonds is 4. The molecular formula is C24H21FN4O2S. The first-order valence-corrected chi connectivity index (χ1v) is 11.3. The molecule has 2 amide bonds. The van der Waals surface area contributed by atoms with Crippen LogP contribution >= 0.6 is 11.3 Å². The van der Waals surface area contributed by atoms with Crippen molar-refractivity contribution in [1.82, 2.24) is 14.3 Å². The predicted molar refractivity (Wildman–Crippen MR) is 122 cm³/mol. The zero-order valence-corrected chi connectivity index (χ0v) is 18.0. The van der Waals surface area contributed by atoms with Gasteiger partial charge in [0.2, 0.25) is 5.91 Å². The summed E-state index contributed by atoms with van der Waals surface area (Å²) >= 11 is 1.50. The molecule has 1 aliphatic heterocycles. The maximum absolute atomic E-state index is 13.2. The summed E-state index contributed by atoms with van der Waals surface area (Å²) in [4.78, 5) is 33.2. The van der Waals surface area contributed by atoms with Gasteiger partial charge in [0.1, 0.15) is 17.3 Å². The third kappa shape index (κ3) is 3.89. The van der Waals surface area contributed by atoms with E-state index in [1.165, 1.54) is 35.6 Å². The highest BCUT2D eigenvalue weighted by atomic mass is 32.1. The quantitative estimate of drug-likeness (QED) is 0.492. The maximum atomic E-state index is 13.2. The first-order chi connectivity index (χ1) is 15.6. The van der Waals surface area contributed by atoms with Crippen molar-refractivity contribution in [2.24, 2.45) is 5.92 Å². The van der Waals surface area contributed by atoms with Gasteiger partial charge in [-0.1, -0.05) is 30.3 Å². The van der Waals surface area contributed by atoms with Gasteiger partial charge in [-0.2, -0.15) is 0 Å². The van der Waals surface area contributed by atoms with E-state index in [4.69, 9.17) is 4.98 Å². The fourth-order valence-electron chi connectivity index (χ4n) is 4.07. The summed E-state index contributed by atoms with van der Waals surface area (Å²) in [5.74, 6) is -0.392. The Kier molecular flexibility index (Phi) is 5.45. The lowest BCUT2D eigenvalue weighted by Gasteiger charge is -2.32. The molecule has 0 bridgehead atoms. The Bertz CT molecular complexity index is 1270. The van der Waals surface area contributed by atoms with Gasteiger partial charge < -0.3 is 10.2 Å². The molecule has 2 aromatic heterocycles. The number of hydrogen-bond donors (Lipinski definition) is 1. The Morgan fingerprint density at radius 2 is 1.88 bits per heavy atom. The largest absolute Gasteiger partial charge is 0.338 e.